The minimum absolute atomic E-state index is 0.132. The van der Waals surface area contributed by atoms with Crippen LogP contribution in [0.4, 0.5) is 0 Å². The molecule has 0 spiro atoms. The molecule has 2 aromatic carbocycles. The molecule has 0 radical (unpaired) electrons. The highest BCUT2D eigenvalue weighted by atomic mass is 79.9. The lowest BCUT2D eigenvalue weighted by atomic mass is 9.86. The average molecular weight is 469 g/mol. The van der Waals surface area contributed by atoms with E-state index in [-0.39, 0.29) is 5.92 Å². The Labute approximate surface area is 167 Å². The maximum Gasteiger partial charge on any atom is 0.0457 e. The molecule has 0 aliphatic carbocycles. The molecule has 0 unspecified atom stereocenters. The van der Waals surface area contributed by atoms with Crippen molar-refractivity contribution in [1.29, 1.82) is 0 Å². The number of halogens is 2. The molecule has 5 aromatic rings. The van der Waals surface area contributed by atoms with Crippen LogP contribution in [-0.2, 0) is 0 Å². The number of fused-ring (bicyclic) bond motifs is 2. The van der Waals surface area contributed by atoms with Gasteiger partial charge in [0.25, 0.3) is 0 Å². The van der Waals surface area contributed by atoms with Crippen LogP contribution in [0.15, 0.2) is 76.2 Å². The Morgan fingerprint density at radius 3 is 1.77 bits per heavy atom. The molecule has 0 atom stereocenters. The fraction of sp³-hybridized carbons (Fsp3) is 0.0476. The molecule has 26 heavy (non-hydrogen) atoms. The Morgan fingerprint density at radius 2 is 1.27 bits per heavy atom. The van der Waals surface area contributed by atoms with E-state index in [9.17, 15) is 0 Å². The summed E-state index contributed by atoms with van der Waals surface area (Å²) in [6, 6.07) is 14.9. The topological polar surface area (TPSA) is 47.4 Å². The first-order valence-corrected chi connectivity index (χ1v) is 9.95. The Morgan fingerprint density at radius 1 is 0.692 bits per heavy atom. The van der Waals surface area contributed by atoms with Crippen molar-refractivity contribution in [2.24, 2.45) is 0 Å². The van der Waals surface area contributed by atoms with Gasteiger partial charge in [-0.1, -0.05) is 31.9 Å². The molecule has 5 rings (SSSR count). The van der Waals surface area contributed by atoms with Crippen LogP contribution < -0.4 is 0 Å². The van der Waals surface area contributed by atoms with Gasteiger partial charge in [0.1, 0.15) is 0 Å². The summed E-state index contributed by atoms with van der Waals surface area (Å²) in [4.78, 5) is 10.1. The summed E-state index contributed by atoms with van der Waals surface area (Å²) in [7, 11) is 0. The van der Waals surface area contributed by atoms with Crippen LogP contribution in [-0.4, -0.2) is 15.0 Å². The second-order valence-corrected chi connectivity index (χ2v) is 8.28. The van der Waals surface area contributed by atoms with Gasteiger partial charge in [0.15, 0.2) is 0 Å². The highest BCUT2D eigenvalue weighted by Gasteiger charge is 2.23. The normalized spacial score (nSPS) is 11.8. The Kier molecular flexibility index (Phi) is 3.80. The van der Waals surface area contributed by atoms with E-state index < -0.39 is 0 Å². The van der Waals surface area contributed by atoms with Gasteiger partial charge in [-0.25, -0.2) is 0 Å². The lowest BCUT2D eigenvalue weighted by Crippen LogP contribution is -2.01. The smallest absolute Gasteiger partial charge is 0.0457 e. The summed E-state index contributed by atoms with van der Waals surface area (Å²) in [5.74, 6) is 0.132. The molecule has 0 saturated heterocycles. The van der Waals surface area contributed by atoms with E-state index in [1.165, 1.54) is 27.5 Å². The lowest BCUT2D eigenvalue weighted by molar-refractivity contribution is 1.00. The number of H-pyrrole nitrogens is 3. The maximum absolute atomic E-state index is 3.61. The first-order chi connectivity index (χ1) is 12.7. The van der Waals surface area contributed by atoms with Crippen molar-refractivity contribution in [2.75, 3.05) is 0 Å². The van der Waals surface area contributed by atoms with Crippen LogP contribution in [0.25, 0.3) is 21.8 Å². The van der Waals surface area contributed by atoms with Crippen molar-refractivity contribution in [3.05, 3.63) is 92.9 Å². The van der Waals surface area contributed by atoms with Gasteiger partial charge >= 0.3 is 0 Å². The van der Waals surface area contributed by atoms with Crippen LogP contribution in [0, 0.1) is 0 Å². The second kappa shape index (κ2) is 6.18. The van der Waals surface area contributed by atoms with E-state index in [0.29, 0.717) is 0 Å². The van der Waals surface area contributed by atoms with Gasteiger partial charge in [-0.05, 0) is 59.2 Å². The number of rotatable bonds is 3. The minimum atomic E-state index is 0.132. The van der Waals surface area contributed by atoms with E-state index in [1.54, 1.807) is 0 Å². The Hall–Kier alpha value is -2.24. The van der Waals surface area contributed by atoms with Gasteiger partial charge in [0, 0.05) is 61.5 Å². The van der Waals surface area contributed by atoms with Crippen molar-refractivity contribution in [1.82, 2.24) is 15.0 Å². The van der Waals surface area contributed by atoms with Crippen LogP contribution in [0.5, 0.6) is 0 Å². The van der Waals surface area contributed by atoms with Gasteiger partial charge in [-0.15, -0.1) is 0 Å². The summed E-state index contributed by atoms with van der Waals surface area (Å²) in [6.45, 7) is 0. The third-order valence-corrected chi connectivity index (χ3v) is 5.92. The average Bonchev–Trinajstić information content (AvgIpc) is 3.37. The van der Waals surface area contributed by atoms with E-state index in [4.69, 9.17) is 0 Å². The van der Waals surface area contributed by atoms with Crippen molar-refractivity contribution >= 4 is 53.7 Å². The molecule has 0 aliphatic heterocycles. The summed E-state index contributed by atoms with van der Waals surface area (Å²) < 4.78 is 2.17. The molecule has 0 fully saturated rings. The molecule has 3 N–H and O–H groups in total. The molecular weight excluding hydrogens is 454 g/mol. The fourth-order valence-electron chi connectivity index (χ4n) is 3.75. The highest BCUT2D eigenvalue weighted by Crippen LogP contribution is 2.40. The second-order valence-electron chi connectivity index (χ2n) is 6.45. The molecule has 0 bridgehead atoms. The van der Waals surface area contributed by atoms with Crippen LogP contribution in [0.2, 0.25) is 0 Å². The Bertz CT molecular complexity index is 1140. The van der Waals surface area contributed by atoms with Crippen molar-refractivity contribution in [3.63, 3.8) is 0 Å². The standard InChI is InChI=1S/C21H15Br2N3/c22-13-1-3-19-15(7-13)17(10-25-19)21(12-5-6-24-9-12)18-11-26-20-4-2-14(23)8-16(18)20/h1-11,21,24-26H. The molecule has 3 aromatic heterocycles. The third-order valence-electron chi connectivity index (χ3n) is 4.93. The summed E-state index contributed by atoms with van der Waals surface area (Å²) in [6.07, 6.45) is 8.33. The predicted molar refractivity (Wildman–Crippen MR) is 114 cm³/mol. The fourth-order valence-corrected chi connectivity index (χ4v) is 4.47. The zero-order chi connectivity index (χ0) is 17.7. The third kappa shape index (κ3) is 2.54. The number of aromatic amines is 3. The van der Waals surface area contributed by atoms with E-state index in [0.717, 1.165) is 20.0 Å². The molecule has 3 heterocycles. The van der Waals surface area contributed by atoms with Gasteiger partial charge in [0.2, 0.25) is 0 Å². The number of hydrogen-bond acceptors (Lipinski definition) is 0. The SMILES string of the molecule is Brc1ccc2[nH]cc(C(c3cc[nH]c3)c3c[nH]c4ccc(Br)cc34)c2c1. The summed E-state index contributed by atoms with van der Waals surface area (Å²) in [5, 5.41) is 2.46. The van der Waals surface area contributed by atoms with Crippen LogP contribution >= 0.6 is 31.9 Å². The molecule has 0 aliphatic rings. The quantitative estimate of drug-likeness (QED) is 0.264. The summed E-state index contributed by atoms with van der Waals surface area (Å²) in [5.41, 5.74) is 6.06. The lowest BCUT2D eigenvalue weighted by Gasteiger charge is -2.15. The van der Waals surface area contributed by atoms with E-state index in [1.807, 2.05) is 6.20 Å². The van der Waals surface area contributed by atoms with Crippen LogP contribution in [0.1, 0.15) is 22.6 Å². The zero-order valence-corrected chi connectivity index (χ0v) is 16.9. The number of aromatic nitrogens is 3. The number of benzene rings is 2. The molecule has 5 heteroatoms. The van der Waals surface area contributed by atoms with Crippen LogP contribution in [0.3, 0.4) is 0 Å². The van der Waals surface area contributed by atoms with Crippen molar-refractivity contribution in [2.45, 2.75) is 5.92 Å². The zero-order valence-electron chi connectivity index (χ0n) is 13.7. The minimum Gasteiger partial charge on any atom is -0.367 e. The molecule has 3 nitrogen and oxygen atoms in total. The Balaban J connectivity index is 1.81. The molecule has 128 valence electrons. The largest absolute Gasteiger partial charge is 0.367 e. The van der Waals surface area contributed by atoms with E-state index in [2.05, 4.69) is 108 Å². The van der Waals surface area contributed by atoms with Gasteiger partial charge in [0.05, 0.1) is 0 Å². The first-order valence-electron chi connectivity index (χ1n) is 8.36. The van der Waals surface area contributed by atoms with E-state index >= 15 is 0 Å². The summed E-state index contributed by atoms with van der Waals surface area (Å²) >= 11 is 7.23. The molecular formula is C21H15Br2N3. The maximum atomic E-state index is 3.61. The predicted octanol–water partition coefficient (Wildman–Crippen LogP) is 6.68. The molecule has 0 amide bonds. The van der Waals surface area contributed by atoms with Gasteiger partial charge in [-0.2, -0.15) is 0 Å². The van der Waals surface area contributed by atoms with Gasteiger partial charge < -0.3 is 15.0 Å². The van der Waals surface area contributed by atoms with Gasteiger partial charge in [-0.3, -0.25) is 0 Å². The van der Waals surface area contributed by atoms with Crippen molar-refractivity contribution < 1.29 is 0 Å². The first kappa shape index (κ1) is 16.0. The molecule has 0 saturated carbocycles. The van der Waals surface area contributed by atoms with Crippen molar-refractivity contribution in [3.8, 4) is 0 Å². The number of hydrogen-bond donors (Lipinski definition) is 3. The monoisotopic (exact) mass is 467 g/mol. The number of nitrogens with one attached hydrogen (secondary N) is 3. The highest BCUT2D eigenvalue weighted by molar-refractivity contribution is 9.10.